The van der Waals surface area contributed by atoms with E-state index in [0.717, 1.165) is 31.7 Å². The lowest BCUT2D eigenvalue weighted by atomic mass is 10.2. The summed E-state index contributed by atoms with van der Waals surface area (Å²) in [6, 6.07) is 0. The van der Waals surface area contributed by atoms with Crippen molar-refractivity contribution in [3.63, 3.8) is 0 Å². The van der Waals surface area contributed by atoms with Crippen LogP contribution in [0.3, 0.4) is 0 Å². The maximum Gasteiger partial charge on any atom is 0.210 e. The molecule has 1 aliphatic carbocycles. The molecular weight excluding hydrogens is 190 g/mol. The molecule has 1 aromatic heterocycles. The molecule has 1 fully saturated rings. The first-order chi connectivity index (χ1) is 7.29. The minimum absolute atomic E-state index is 0.695. The molecule has 4 nitrogen and oxygen atoms in total. The first-order valence-corrected chi connectivity index (χ1v) is 5.55. The third-order valence-electron chi connectivity index (χ3n) is 3.36. The Morgan fingerprint density at radius 3 is 2.87 bits per heavy atom. The molecule has 0 bridgehead atoms. The molecule has 2 aliphatic rings. The Labute approximate surface area is 88.9 Å². The summed E-state index contributed by atoms with van der Waals surface area (Å²) in [5.41, 5.74) is 2.33. The van der Waals surface area contributed by atoms with Crippen molar-refractivity contribution >= 4 is 6.41 Å². The van der Waals surface area contributed by atoms with Crippen LogP contribution in [0, 0.1) is 6.92 Å². The van der Waals surface area contributed by atoms with Gasteiger partial charge in [0.25, 0.3) is 0 Å². The fraction of sp³-hybridized carbons (Fsp3) is 0.636. The number of carbonyl (C=O) groups is 1. The Hall–Kier alpha value is -1.32. The van der Waals surface area contributed by atoms with Gasteiger partial charge in [-0.3, -0.25) is 4.79 Å². The molecule has 2 heterocycles. The van der Waals surface area contributed by atoms with Crippen molar-refractivity contribution in [2.75, 3.05) is 6.54 Å². The van der Waals surface area contributed by atoms with Crippen molar-refractivity contribution in [1.29, 1.82) is 0 Å². The smallest absolute Gasteiger partial charge is 0.210 e. The summed E-state index contributed by atoms with van der Waals surface area (Å²) in [7, 11) is 0. The number of amides is 1. The standard InChI is InChI=1S/C11H15N3O/c1-8-10-6-13(7-15)4-5-14(10)11(12-8)9-2-3-9/h7,9H,2-6H2,1H3. The Balaban J connectivity index is 1.99. The Morgan fingerprint density at radius 1 is 1.40 bits per heavy atom. The quantitative estimate of drug-likeness (QED) is 0.677. The fourth-order valence-electron chi connectivity index (χ4n) is 2.32. The predicted octanol–water partition coefficient (Wildman–Crippen LogP) is 1.04. The third kappa shape index (κ3) is 1.35. The van der Waals surface area contributed by atoms with E-state index in [1.54, 1.807) is 0 Å². The molecule has 0 radical (unpaired) electrons. The molecule has 0 unspecified atom stereocenters. The lowest BCUT2D eigenvalue weighted by Crippen LogP contribution is -2.33. The number of hydrogen-bond acceptors (Lipinski definition) is 2. The van der Waals surface area contributed by atoms with Gasteiger partial charge in [0.2, 0.25) is 6.41 Å². The minimum Gasteiger partial charge on any atom is -0.338 e. The van der Waals surface area contributed by atoms with E-state index in [-0.39, 0.29) is 0 Å². The summed E-state index contributed by atoms with van der Waals surface area (Å²) in [6.45, 7) is 4.52. The van der Waals surface area contributed by atoms with Crippen molar-refractivity contribution in [2.45, 2.75) is 38.8 Å². The second-order valence-electron chi connectivity index (χ2n) is 4.50. The normalized spacial score (nSPS) is 20.2. The van der Waals surface area contributed by atoms with Gasteiger partial charge in [0.15, 0.2) is 0 Å². The Morgan fingerprint density at radius 2 is 2.20 bits per heavy atom. The summed E-state index contributed by atoms with van der Waals surface area (Å²) >= 11 is 0. The highest BCUT2D eigenvalue weighted by molar-refractivity contribution is 5.47. The van der Waals surface area contributed by atoms with E-state index >= 15 is 0 Å². The van der Waals surface area contributed by atoms with E-state index in [2.05, 4.69) is 9.55 Å². The SMILES string of the molecule is Cc1nc(C2CC2)n2c1CN(C=O)CC2. The molecule has 15 heavy (non-hydrogen) atoms. The molecule has 1 saturated carbocycles. The number of hydrogen-bond donors (Lipinski definition) is 0. The van der Waals surface area contributed by atoms with Crippen LogP contribution in [0.2, 0.25) is 0 Å². The van der Waals surface area contributed by atoms with Crippen LogP contribution in [0.1, 0.15) is 36.0 Å². The molecule has 0 N–H and O–H groups in total. The Kier molecular flexibility index (Phi) is 1.84. The highest BCUT2D eigenvalue weighted by Crippen LogP contribution is 2.40. The van der Waals surface area contributed by atoms with Crippen molar-refractivity contribution in [1.82, 2.24) is 14.5 Å². The third-order valence-corrected chi connectivity index (χ3v) is 3.36. The second-order valence-corrected chi connectivity index (χ2v) is 4.50. The van der Waals surface area contributed by atoms with Crippen molar-refractivity contribution in [2.24, 2.45) is 0 Å². The van der Waals surface area contributed by atoms with Crippen LogP contribution >= 0.6 is 0 Å². The molecule has 0 atom stereocenters. The van der Waals surface area contributed by atoms with E-state index in [0.29, 0.717) is 5.92 Å². The van der Waals surface area contributed by atoms with Crippen molar-refractivity contribution < 1.29 is 4.79 Å². The molecule has 1 aromatic rings. The van der Waals surface area contributed by atoms with E-state index in [9.17, 15) is 4.79 Å². The predicted molar refractivity (Wildman–Crippen MR) is 55.4 cm³/mol. The van der Waals surface area contributed by atoms with Crippen LogP contribution in [0.5, 0.6) is 0 Å². The number of carbonyl (C=O) groups excluding carboxylic acids is 1. The Bertz CT molecular complexity index is 406. The molecule has 80 valence electrons. The number of aromatic nitrogens is 2. The highest BCUT2D eigenvalue weighted by Gasteiger charge is 2.31. The number of imidazole rings is 1. The number of fused-ring (bicyclic) bond motifs is 1. The monoisotopic (exact) mass is 205 g/mol. The highest BCUT2D eigenvalue weighted by atomic mass is 16.1. The van der Waals surface area contributed by atoms with Crippen LogP contribution in [0.25, 0.3) is 0 Å². The lowest BCUT2D eigenvalue weighted by molar-refractivity contribution is -0.119. The van der Waals surface area contributed by atoms with Gasteiger partial charge in [0, 0.05) is 19.0 Å². The van der Waals surface area contributed by atoms with E-state index < -0.39 is 0 Å². The van der Waals surface area contributed by atoms with Crippen LogP contribution in [0.15, 0.2) is 0 Å². The molecular formula is C11H15N3O. The lowest BCUT2D eigenvalue weighted by Gasteiger charge is -2.25. The summed E-state index contributed by atoms with van der Waals surface area (Å²) in [4.78, 5) is 17.2. The van der Waals surface area contributed by atoms with Crippen LogP contribution in [-0.2, 0) is 17.9 Å². The van der Waals surface area contributed by atoms with Gasteiger partial charge in [0.1, 0.15) is 5.82 Å². The van der Waals surface area contributed by atoms with Gasteiger partial charge in [0.05, 0.1) is 17.9 Å². The molecule has 4 heteroatoms. The topological polar surface area (TPSA) is 38.1 Å². The van der Waals surface area contributed by atoms with Gasteiger partial charge in [-0.25, -0.2) is 4.98 Å². The van der Waals surface area contributed by atoms with Gasteiger partial charge < -0.3 is 9.47 Å². The molecule has 0 aromatic carbocycles. The summed E-state index contributed by atoms with van der Waals surface area (Å²) in [6.07, 6.45) is 3.51. The van der Waals surface area contributed by atoms with E-state index in [4.69, 9.17) is 0 Å². The van der Waals surface area contributed by atoms with Crippen LogP contribution in [0.4, 0.5) is 0 Å². The van der Waals surface area contributed by atoms with E-state index in [1.165, 1.54) is 24.4 Å². The van der Waals surface area contributed by atoms with Crippen molar-refractivity contribution in [3.8, 4) is 0 Å². The van der Waals surface area contributed by atoms with Gasteiger partial charge in [-0.1, -0.05) is 0 Å². The van der Waals surface area contributed by atoms with Gasteiger partial charge in [-0.05, 0) is 19.8 Å². The number of aryl methyl sites for hydroxylation is 1. The van der Waals surface area contributed by atoms with Crippen LogP contribution in [-0.4, -0.2) is 27.4 Å². The summed E-state index contributed by atoms with van der Waals surface area (Å²) < 4.78 is 2.33. The molecule has 3 rings (SSSR count). The zero-order chi connectivity index (χ0) is 10.4. The molecule has 1 amide bonds. The first kappa shape index (κ1) is 8.95. The second kappa shape index (κ2) is 3.08. The van der Waals surface area contributed by atoms with Gasteiger partial charge in [-0.2, -0.15) is 0 Å². The fourth-order valence-corrected chi connectivity index (χ4v) is 2.32. The maximum atomic E-state index is 10.7. The zero-order valence-electron chi connectivity index (χ0n) is 8.94. The first-order valence-electron chi connectivity index (χ1n) is 5.55. The average molecular weight is 205 g/mol. The van der Waals surface area contributed by atoms with Crippen LogP contribution < -0.4 is 0 Å². The zero-order valence-corrected chi connectivity index (χ0v) is 8.94. The largest absolute Gasteiger partial charge is 0.338 e. The molecule has 1 aliphatic heterocycles. The van der Waals surface area contributed by atoms with Gasteiger partial charge >= 0.3 is 0 Å². The van der Waals surface area contributed by atoms with Crippen molar-refractivity contribution in [3.05, 3.63) is 17.2 Å². The average Bonchev–Trinajstić information content (AvgIpc) is 3.05. The van der Waals surface area contributed by atoms with Gasteiger partial charge in [-0.15, -0.1) is 0 Å². The summed E-state index contributed by atoms with van der Waals surface area (Å²) in [5.74, 6) is 1.95. The number of rotatable bonds is 2. The van der Waals surface area contributed by atoms with E-state index in [1.807, 2.05) is 11.8 Å². The molecule has 0 saturated heterocycles. The summed E-state index contributed by atoms with van der Waals surface area (Å²) in [5, 5.41) is 0. The minimum atomic E-state index is 0.695. The maximum absolute atomic E-state index is 10.7. The number of nitrogens with zero attached hydrogens (tertiary/aromatic N) is 3. The molecule has 0 spiro atoms.